The van der Waals surface area contributed by atoms with E-state index in [0.29, 0.717) is 5.75 Å². The molecule has 1 amide bonds. The molecule has 1 unspecified atom stereocenters. The van der Waals surface area contributed by atoms with Gasteiger partial charge in [-0.1, -0.05) is 12.1 Å². The van der Waals surface area contributed by atoms with E-state index in [1.165, 1.54) is 31.4 Å². The minimum atomic E-state index is -0.654. The molecule has 0 fully saturated rings. The molecule has 110 valence electrons. The first-order valence-corrected chi connectivity index (χ1v) is 6.41. The summed E-state index contributed by atoms with van der Waals surface area (Å²) in [6.45, 7) is 1.74. The number of carbonyl (C=O) groups excluding carboxylic acids is 1. The van der Waals surface area contributed by atoms with Gasteiger partial charge < -0.3 is 10.1 Å². The van der Waals surface area contributed by atoms with Crippen molar-refractivity contribution in [3.63, 3.8) is 0 Å². The minimum Gasteiger partial charge on any atom is -0.497 e. The number of amides is 1. The van der Waals surface area contributed by atoms with Crippen LogP contribution in [0.25, 0.3) is 0 Å². The molecule has 1 atom stereocenters. The lowest BCUT2D eigenvalue weighted by atomic mass is 10.1. The lowest BCUT2D eigenvalue weighted by Gasteiger charge is -2.15. The van der Waals surface area contributed by atoms with Crippen molar-refractivity contribution in [3.05, 3.63) is 65.2 Å². The molecule has 2 aromatic carbocycles. The van der Waals surface area contributed by atoms with Gasteiger partial charge in [0.15, 0.2) is 0 Å². The van der Waals surface area contributed by atoms with Crippen LogP contribution in [0.15, 0.2) is 42.5 Å². The Morgan fingerprint density at radius 2 is 1.81 bits per heavy atom. The highest BCUT2D eigenvalue weighted by atomic mass is 19.1. The van der Waals surface area contributed by atoms with Crippen molar-refractivity contribution >= 4 is 5.91 Å². The fourth-order valence-corrected chi connectivity index (χ4v) is 1.92. The average Bonchev–Trinajstić information content (AvgIpc) is 2.47. The van der Waals surface area contributed by atoms with E-state index in [2.05, 4.69) is 5.32 Å². The van der Waals surface area contributed by atoms with E-state index < -0.39 is 11.7 Å². The quantitative estimate of drug-likeness (QED) is 0.936. The predicted octanol–water partition coefficient (Wildman–Crippen LogP) is 3.46. The van der Waals surface area contributed by atoms with Gasteiger partial charge in [-0.2, -0.15) is 0 Å². The standard InChI is InChI=1S/C16H15F2NO2/c1-10(11-3-5-12(17)6-4-11)19-16(20)14-8-7-13(21-2)9-15(14)18/h3-10H,1-2H3,(H,19,20). The summed E-state index contributed by atoms with van der Waals surface area (Å²) in [6, 6.07) is 9.44. The van der Waals surface area contributed by atoms with Crippen molar-refractivity contribution in [1.82, 2.24) is 5.32 Å². The maximum atomic E-state index is 13.8. The van der Waals surface area contributed by atoms with E-state index in [4.69, 9.17) is 4.74 Å². The van der Waals surface area contributed by atoms with Crippen LogP contribution >= 0.6 is 0 Å². The van der Waals surface area contributed by atoms with Crippen LogP contribution < -0.4 is 10.1 Å². The number of nitrogens with one attached hydrogen (secondary N) is 1. The summed E-state index contributed by atoms with van der Waals surface area (Å²) in [4.78, 5) is 12.0. The Bertz CT molecular complexity index is 641. The predicted molar refractivity (Wildman–Crippen MR) is 75.2 cm³/mol. The number of hydrogen-bond donors (Lipinski definition) is 1. The molecule has 0 radical (unpaired) electrons. The summed E-state index contributed by atoms with van der Waals surface area (Å²) in [5.74, 6) is -1.20. The summed E-state index contributed by atoms with van der Waals surface area (Å²) < 4.78 is 31.5. The monoisotopic (exact) mass is 291 g/mol. The fourth-order valence-electron chi connectivity index (χ4n) is 1.92. The molecule has 0 aliphatic carbocycles. The van der Waals surface area contributed by atoms with Gasteiger partial charge in [0.2, 0.25) is 0 Å². The Morgan fingerprint density at radius 3 is 2.38 bits per heavy atom. The van der Waals surface area contributed by atoms with Gasteiger partial charge in [-0.25, -0.2) is 8.78 Å². The molecule has 2 aromatic rings. The zero-order valence-electron chi connectivity index (χ0n) is 11.7. The summed E-state index contributed by atoms with van der Waals surface area (Å²) in [6.07, 6.45) is 0. The molecule has 0 heterocycles. The topological polar surface area (TPSA) is 38.3 Å². The van der Waals surface area contributed by atoms with E-state index in [1.54, 1.807) is 19.1 Å². The zero-order valence-corrected chi connectivity index (χ0v) is 11.7. The van der Waals surface area contributed by atoms with E-state index >= 15 is 0 Å². The summed E-state index contributed by atoms with van der Waals surface area (Å²) in [5, 5.41) is 2.67. The van der Waals surface area contributed by atoms with Crippen LogP contribution in [0.5, 0.6) is 5.75 Å². The highest BCUT2D eigenvalue weighted by Crippen LogP contribution is 2.18. The van der Waals surface area contributed by atoms with Gasteiger partial charge in [0.05, 0.1) is 18.7 Å². The van der Waals surface area contributed by atoms with Crippen LogP contribution in [-0.4, -0.2) is 13.0 Å². The molecule has 0 aliphatic rings. The molecule has 0 aromatic heterocycles. The lowest BCUT2D eigenvalue weighted by Crippen LogP contribution is -2.27. The lowest BCUT2D eigenvalue weighted by molar-refractivity contribution is 0.0936. The smallest absolute Gasteiger partial charge is 0.254 e. The van der Waals surface area contributed by atoms with Crippen LogP contribution in [0.4, 0.5) is 8.78 Å². The number of rotatable bonds is 4. The zero-order chi connectivity index (χ0) is 15.4. The number of hydrogen-bond acceptors (Lipinski definition) is 2. The van der Waals surface area contributed by atoms with Crippen LogP contribution in [-0.2, 0) is 0 Å². The fraction of sp³-hybridized carbons (Fsp3) is 0.188. The Balaban J connectivity index is 2.12. The van der Waals surface area contributed by atoms with E-state index in [0.717, 1.165) is 11.6 Å². The third-order valence-corrected chi connectivity index (χ3v) is 3.14. The third-order valence-electron chi connectivity index (χ3n) is 3.14. The summed E-state index contributed by atoms with van der Waals surface area (Å²) in [5.41, 5.74) is 0.670. The maximum Gasteiger partial charge on any atom is 0.254 e. The molecule has 1 N–H and O–H groups in total. The van der Waals surface area contributed by atoms with Gasteiger partial charge in [0, 0.05) is 6.07 Å². The first kappa shape index (κ1) is 15.0. The molecule has 21 heavy (non-hydrogen) atoms. The molecular weight excluding hydrogens is 276 g/mol. The van der Waals surface area contributed by atoms with E-state index in [9.17, 15) is 13.6 Å². The van der Waals surface area contributed by atoms with Crippen molar-refractivity contribution < 1.29 is 18.3 Å². The Hall–Kier alpha value is -2.43. The van der Waals surface area contributed by atoms with Gasteiger partial charge >= 0.3 is 0 Å². The van der Waals surface area contributed by atoms with Crippen LogP contribution in [0, 0.1) is 11.6 Å². The molecule has 0 aliphatic heterocycles. The summed E-state index contributed by atoms with van der Waals surface area (Å²) in [7, 11) is 1.42. The molecule has 0 spiro atoms. The maximum absolute atomic E-state index is 13.8. The SMILES string of the molecule is COc1ccc(C(=O)NC(C)c2ccc(F)cc2)c(F)c1. The highest BCUT2D eigenvalue weighted by molar-refractivity contribution is 5.94. The largest absolute Gasteiger partial charge is 0.497 e. The molecule has 0 saturated heterocycles. The Labute approximate surface area is 121 Å². The van der Waals surface area contributed by atoms with Crippen molar-refractivity contribution in [3.8, 4) is 5.75 Å². The second-order valence-corrected chi connectivity index (χ2v) is 4.59. The van der Waals surface area contributed by atoms with Crippen molar-refractivity contribution in [2.45, 2.75) is 13.0 Å². The number of benzene rings is 2. The number of carbonyl (C=O) groups is 1. The number of halogens is 2. The first-order valence-electron chi connectivity index (χ1n) is 6.41. The normalized spacial score (nSPS) is 11.8. The van der Waals surface area contributed by atoms with E-state index in [1.807, 2.05) is 0 Å². The van der Waals surface area contributed by atoms with Crippen LogP contribution in [0.3, 0.4) is 0 Å². The van der Waals surface area contributed by atoms with Crippen LogP contribution in [0.2, 0.25) is 0 Å². The highest BCUT2D eigenvalue weighted by Gasteiger charge is 2.15. The Morgan fingerprint density at radius 1 is 1.14 bits per heavy atom. The van der Waals surface area contributed by atoms with Crippen molar-refractivity contribution in [1.29, 1.82) is 0 Å². The van der Waals surface area contributed by atoms with Gasteiger partial charge in [0.1, 0.15) is 17.4 Å². The Kier molecular flexibility index (Phi) is 4.52. The van der Waals surface area contributed by atoms with Crippen molar-refractivity contribution in [2.75, 3.05) is 7.11 Å². The van der Waals surface area contributed by atoms with Gasteiger partial charge in [0.25, 0.3) is 5.91 Å². The third kappa shape index (κ3) is 3.56. The van der Waals surface area contributed by atoms with Crippen LogP contribution in [0.1, 0.15) is 28.9 Å². The van der Waals surface area contributed by atoms with Gasteiger partial charge in [-0.3, -0.25) is 4.79 Å². The molecule has 5 heteroatoms. The average molecular weight is 291 g/mol. The second kappa shape index (κ2) is 6.35. The molecule has 3 nitrogen and oxygen atoms in total. The second-order valence-electron chi connectivity index (χ2n) is 4.59. The number of methoxy groups -OCH3 is 1. The van der Waals surface area contributed by atoms with Gasteiger partial charge in [-0.15, -0.1) is 0 Å². The molecule has 0 bridgehead atoms. The molecule has 2 rings (SSSR count). The van der Waals surface area contributed by atoms with Gasteiger partial charge in [-0.05, 0) is 36.8 Å². The molecule has 0 saturated carbocycles. The first-order chi connectivity index (χ1) is 10.0. The van der Waals surface area contributed by atoms with E-state index in [-0.39, 0.29) is 17.4 Å². The summed E-state index contributed by atoms with van der Waals surface area (Å²) >= 11 is 0. The molecular formula is C16H15F2NO2. The minimum absolute atomic E-state index is 0.0650. The van der Waals surface area contributed by atoms with Crippen molar-refractivity contribution in [2.24, 2.45) is 0 Å². The number of ether oxygens (including phenoxy) is 1.